The minimum atomic E-state index is -0.467. The molecule has 1 heterocycles. The van der Waals surface area contributed by atoms with Gasteiger partial charge >= 0.3 is 6.09 Å². The monoisotopic (exact) mass is 392 g/mol. The summed E-state index contributed by atoms with van der Waals surface area (Å²) >= 11 is 3.29. The summed E-state index contributed by atoms with van der Waals surface area (Å²) in [5, 5.41) is 2.74. The molecule has 0 atom stereocenters. The van der Waals surface area contributed by atoms with Crippen molar-refractivity contribution in [3.63, 3.8) is 0 Å². The van der Waals surface area contributed by atoms with Crippen molar-refractivity contribution in [1.29, 1.82) is 0 Å². The number of aromatic nitrogens is 1. The molecule has 0 saturated heterocycles. The van der Waals surface area contributed by atoms with Crippen molar-refractivity contribution in [1.82, 2.24) is 4.98 Å². The molecule has 27 heavy (non-hydrogen) atoms. The number of benzene rings is 3. The number of nitrogens with zero attached hydrogens (tertiary/aromatic N) is 1. The maximum absolute atomic E-state index is 11.9. The Balaban J connectivity index is 1.33. The fraction of sp³-hybridized carbons (Fsp3) is 0.0476. The van der Waals surface area contributed by atoms with Gasteiger partial charge in [0.15, 0.2) is 4.34 Å². The van der Waals surface area contributed by atoms with Crippen molar-refractivity contribution in [2.24, 2.45) is 0 Å². The van der Waals surface area contributed by atoms with E-state index in [2.05, 4.69) is 16.4 Å². The summed E-state index contributed by atoms with van der Waals surface area (Å²) in [4.78, 5) is 17.6. The lowest BCUT2D eigenvalue weighted by Crippen LogP contribution is -2.13. The molecular formula is C21H16N2O2S2. The van der Waals surface area contributed by atoms with E-state index >= 15 is 0 Å². The highest BCUT2D eigenvalue weighted by Crippen LogP contribution is 2.34. The predicted octanol–water partition coefficient (Wildman–Crippen LogP) is 6.20. The van der Waals surface area contributed by atoms with Gasteiger partial charge in [-0.15, -0.1) is 11.3 Å². The molecule has 1 amide bonds. The normalized spacial score (nSPS) is 10.7. The Morgan fingerprint density at radius 2 is 1.70 bits per heavy atom. The quantitative estimate of drug-likeness (QED) is 0.439. The molecule has 0 fully saturated rings. The number of amides is 1. The number of anilines is 1. The lowest BCUT2D eigenvalue weighted by molar-refractivity contribution is 0.155. The molecule has 6 heteroatoms. The fourth-order valence-electron chi connectivity index (χ4n) is 2.48. The average Bonchev–Trinajstić information content (AvgIpc) is 3.11. The molecule has 3 aromatic carbocycles. The number of thiazole rings is 1. The first-order valence-electron chi connectivity index (χ1n) is 8.37. The van der Waals surface area contributed by atoms with E-state index in [4.69, 9.17) is 4.74 Å². The Hall–Kier alpha value is -2.83. The molecule has 0 aliphatic heterocycles. The first-order chi connectivity index (χ1) is 13.3. The van der Waals surface area contributed by atoms with Crippen LogP contribution >= 0.6 is 23.1 Å². The Morgan fingerprint density at radius 3 is 2.48 bits per heavy atom. The van der Waals surface area contributed by atoms with Crippen LogP contribution in [0.1, 0.15) is 5.56 Å². The van der Waals surface area contributed by atoms with E-state index in [0.29, 0.717) is 5.69 Å². The molecule has 0 bridgehead atoms. The molecule has 4 nitrogen and oxygen atoms in total. The number of ether oxygens (including phenoxy) is 1. The van der Waals surface area contributed by atoms with Gasteiger partial charge in [0.25, 0.3) is 0 Å². The third kappa shape index (κ3) is 4.67. The first-order valence-corrected chi connectivity index (χ1v) is 10.0. The summed E-state index contributed by atoms with van der Waals surface area (Å²) in [6.07, 6.45) is -0.467. The number of hydrogen-bond acceptors (Lipinski definition) is 5. The van der Waals surface area contributed by atoms with Crippen LogP contribution in [0.4, 0.5) is 10.5 Å². The van der Waals surface area contributed by atoms with Gasteiger partial charge < -0.3 is 4.74 Å². The van der Waals surface area contributed by atoms with Crippen molar-refractivity contribution in [3.05, 3.63) is 84.4 Å². The Kier molecular flexibility index (Phi) is 5.37. The zero-order chi connectivity index (χ0) is 18.5. The van der Waals surface area contributed by atoms with Crippen LogP contribution in [0.3, 0.4) is 0 Å². The van der Waals surface area contributed by atoms with E-state index in [9.17, 15) is 4.79 Å². The highest BCUT2D eigenvalue weighted by atomic mass is 32.2. The molecule has 134 valence electrons. The van der Waals surface area contributed by atoms with Gasteiger partial charge in [-0.05, 0) is 42.0 Å². The topological polar surface area (TPSA) is 51.2 Å². The summed E-state index contributed by atoms with van der Waals surface area (Å²) in [6.45, 7) is 0.248. The lowest BCUT2D eigenvalue weighted by Gasteiger charge is -2.07. The van der Waals surface area contributed by atoms with Gasteiger partial charge in [-0.3, -0.25) is 5.32 Å². The van der Waals surface area contributed by atoms with E-state index in [1.807, 2.05) is 72.8 Å². The smallest absolute Gasteiger partial charge is 0.411 e. The first kappa shape index (κ1) is 17.6. The van der Waals surface area contributed by atoms with Crippen molar-refractivity contribution >= 4 is 45.1 Å². The molecule has 4 rings (SSSR count). The molecule has 4 aromatic rings. The van der Waals surface area contributed by atoms with Gasteiger partial charge in [-0.2, -0.15) is 0 Å². The van der Waals surface area contributed by atoms with E-state index in [0.717, 1.165) is 20.3 Å². The minimum Gasteiger partial charge on any atom is -0.444 e. The van der Waals surface area contributed by atoms with Crippen molar-refractivity contribution in [2.45, 2.75) is 15.8 Å². The van der Waals surface area contributed by atoms with Crippen LogP contribution < -0.4 is 5.32 Å². The summed E-state index contributed by atoms with van der Waals surface area (Å²) in [5.74, 6) is 0. The molecule has 1 aromatic heterocycles. The molecule has 0 radical (unpaired) electrons. The lowest BCUT2D eigenvalue weighted by atomic mass is 10.2. The Labute approximate surface area is 165 Å². The van der Waals surface area contributed by atoms with Crippen molar-refractivity contribution < 1.29 is 9.53 Å². The highest BCUT2D eigenvalue weighted by Gasteiger charge is 2.07. The molecule has 0 unspecified atom stereocenters. The van der Waals surface area contributed by atoms with Crippen LogP contribution in [-0.2, 0) is 11.3 Å². The van der Waals surface area contributed by atoms with E-state index in [-0.39, 0.29) is 6.61 Å². The SMILES string of the molecule is O=C(Nc1ccc(Sc2nc3ccccc3s2)cc1)OCc1ccccc1. The summed E-state index contributed by atoms with van der Waals surface area (Å²) in [7, 11) is 0. The third-order valence-electron chi connectivity index (χ3n) is 3.79. The molecule has 0 aliphatic carbocycles. The molecule has 0 saturated carbocycles. The fourth-order valence-corrected chi connectivity index (χ4v) is 4.52. The zero-order valence-corrected chi connectivity index (χ0v) is 15.9. The second-order valence-electron chi connectivity index (χ2n) is 5.76. The summed E-state index contributed by atoms with van der Waals surface area (Å²) in [6, 6.07) is 25.3. The van der Waals surface area contributed by atoms with Gasteiger partial charge in [0, 0.05) is 10.6 Å². The molecule has 0 aliphatic rings. The summed E-state index contributed by atoms with van der Waals surface area (Å²) in [5.41, 5.74) is 2.67. The predicted molar refractivity (Wildman–Crippen MR) is 110 cm³/mol. The maximum atomic E-state index is 11.9. The van der Waals surface area contributed by atoms with Crippen LogP contribution in [0.2, 0.25) is 0 Å². The van der Waals surface area contributed by atoms with Crippen LogP contribution in [0.5, 0.6) is 0 Å². The van der Waals surface area contributed by atoms with Crippen molar-refractivity contribution in [3.8, 4) is 0 Å². The van der Waals surface area contributed by atoms with Crippen LogP contribution in [0.25, 0.3) is 10.2 Å². The van der Waals surface area contributed by atoms with E-state index < -0.39 is 6.09 Å². The molecular weight excluding hydrogens is 376 g/mol. The molecule has 0 spiro atoms. The second-order valence-corrected chi connectivity index (χ2v) is 8.11. The number of carbonyl (C=O) groups excluding carboxylic acids is 1. The van der Waals surface area contributed by atoms with Gasteiger partial charge in [0.2, 0.25) is 0 Å². The zero-order valence-electron chi connectivity index (χ0n) is 14.3. The second kappa shape index (κ2) is 8.24. The van der Waals surface area contributed by atoms with Crippen LogP contribution in [0, 0.1) is 0 Å². The Bertz CT molecular complexity index is 1010. The average molecular weight is 393 g/mol. The number of fused-ring (bicyclic) bond motifs is 1. The number of carbonyl (C=O) groups is 1. The standard InChI is InChI=1S/C21H16N2O2S2/c24-20(25-14-15-6-2-1-3-7-15)22-16-10-12-17(13-11-16)26-21-23-18-8-4-5-9-19(18)27-21/h1-13H,14H2,(H,22,24). The number of para-hydroxylation sites is 1. The maximum Gasteiger partial charge on any atom is 0.411 e. The summed E-state index contributed by atoms with van der Waals surface area (Å²) < 4.78 is 7.41. The van der Waals surface area contributed by atoms with E-state index in [1.165, 1.54) is 4.70 Å². The van der Waals surface area contributed by atoms with Gasteiger partial charge in [0.1, 0.15) is 6.61 Å². The van der Waals surface area contributed by atoms with E-state index in [1.54, 1.807) is 23.1 Å². The van der Waals surface area contributed by atoms with Gasteiger partial charge in [-0.1, -0.05) is 54.2 Å². The number of nitrogens with one attached hydrogen (secondary N) is 1. The van der Waals surface area contributed by atoms with Crippen LogP contribution in [-0.4, -0.2) is 11.1 Å². The van der Waals surface area contributed by atoms with Crippen molar-refractivity contribution in [2.75, 3.05) is 5.32 Å². The minimum absolute atomic E-state index is 0.248. The Morgan fingerprint density at radius 1 is 0.963 bits per heavy atom. The van der Waals surface area contributed by atoms with Crippen LogP contribution in [0.15, 0.2) is 88.1 Å². The number of hydrogen-bond donors (Lipinski definition) is 1. The largest absolute Gasteiger partial charge is 0.444 e. The third-order valence-corrected chi connectivity index (χ3v) is 5.90. The highest BCUT2D eigenvalue weighted by molar-refractivity contribution is 8.01. The number of rotatable bonds is 5. The van der Waals surface area contributed by atoms with Gasteiger partial charge in [-0.25, -0.2) is 9.78 Å². The molecule has 1 N–H and O–H groups in total. The van der Waals surface area contributed by atoms with Gasteiger partial charge in [0.05, 0.1) is 10.2 Å².